The number of rotatable bonds is 1. The van der Waals surface area contributed by atoms with E-state index in [0.29, 0.717) is 5.69 Å². The Kier molecular flexibility index (Phi) is 2.03. The molecule has 0 aliphatic heterocycles. The predicted octanol–water partition coefficient (Wildman–Crippen LogP) is 2.31. The van der Waals surface area contributed by atoms with Crippen LogP contribution in [0, 0.1) is 13.8 Å². The number of carbonyl (C=O) groups is 1. The molecule has 0 unspecified atom stereocenters. The van der Waals surface area contributed by atoms with E-state index in [1.807, 2.05) is 25.5 Å². The van der Waals surface area contributed by atoms with Crippen molar-refractivity contribution < 1.29 is 9.90 Å². The SMILES string of the molecule is Cc1c(C=O)n(C)c2c(C)cc(O)cc12. The van der Waals surface area contributed by atoms with Gasteiger partial charge in [-0.05, 0) is 37.1 Å². The van der Waals surface area contributed by atoms with Crippen LogP contribution in [0.2, 0.25) is 0 Å². The van der Waals surface area contributed by atoms with E-state index in [9.17, 15) is 9.90 Å². The zero-order valence-electron chi connectivity index (χ0n) is 9.03. The Bertz CT molecular complexity index is 552. The molecule has 0 saturated carbocycles. The molecular formula is C12H13NO2. The molecular weight excluding hydrogens is 190 g/mol. The van der Waals surface area contributed by atoms with Crippen LogP contribution in [0.15, 0.2) is 12.1 Å². The number of aromatic hydroxyl groups is 1. The molecule has 0 bridgehead atoms. The lowest BCUT2D eigenvalue weighted by Crippen LogP contribution is -1.95. The number of aldehydes is 1. The molecule has 0 radical (unpaired) electrons. The number of carbonyl (C=O) groups excluding carboxylic acids is 1. The molecule has 3 heteroatoms. The van der Waals surface area contributed by atoms with Gasteiger partial charge in [0.2, 0.25) is 0 Å². The van der Waals surface area contributed by atoms with Gasteiger partial charge in [-0.3, -0.25) is 4.79 Å². The summed E-state index contributed by atoms with van der Waals surface area (Å²) in [6.07, 6.45) is 0.853. The molecule has 2 aromatic rings. The van der Waals surface area contributed by atoms with Crippen molar-refractivity contribution in [3.8, 4) is 5.75 Å². The summed E-state index contributed by atoms with van der Waals surface area (Å²) in [5.74, 6) is 0.242. The number of aryl methyl sites for hydroxylation is 3. The number of hydrogen-bond acceptors (Lipinski definition) is 2. The summed E-state index contributed by atoms with van der Waals surface area (Å²) >= 11 is 0. The minimum atomic E-state index is 0.242. The summed E-state index contributed by atoms with van der Waals surface area (Å²) in [5, 5.41) is 10.5. The zero-order chi connectivity index (χ0) is 11.2. The van der Waals surface area contributed by atoms with Crippen LogP contribution in [-0.4, -0.2) is 16.0 Å². The third-order valence-electron chi connectivity index (χ3n) is 2.88. The van der Waals surface area contributed by atoms with Gasteiger partial charge in [0.05, 0.1) is 11.2 Å². The number of nitrogens with zero attached hydrogens (tertiary/aromatic N) is 1. The van der Waals surface area contributed by atoms with Crippen LogP contribution >= 0.6 is 0 Å². The highest BCUT2D eigenvalue weighted by atomic mass is 16.3. The van der Waals surface area contributed by atoms with Crippen molar-refractivity contribution in [2.75, 3.05) is 0 Å². The first kappa shape index (κ1) is 9.77. The number of aromatic nitrogens is 1. The molecule has 1 heterocycles. The minimum absolute atomic E-state index is 0.242. The van der Waals surface area contributed by atoms with Crippen LogP contribution in [0.1, 0.15) is 21.6 Å². The average Bonchev–Trinajstić information content (AvgIpc) is 2.39. The molecule has 0 spiro atoms. The first-order valence-electron chi connectivity index (χ1n) is 4.80. The van der Waals surface area contributed by atoms with Gasteiger partial charge < -0.3 is 9.67 Å². The van der Waals surface area contributed by atoms with E-state index in [4.69, 9.17) is 0 Å². The Morgan fingerprint density at radius 3 is 2.60 bits per heavy atom. The standard InChI is InChI=1S/C12H13NO2/c1-7-4-9(15)5-10-8(2)11(6-14)13(3)12(7)10/h4-6,15H,1-3H3. The van der Waals surface area contributed by atoms with Crippen LogP contribution in [0.4, 0.5) is 0 Å². The Hall–Kier alpha value is -1.77. The second-order valence-electron chi connectivity index (χ2n) is 3.85. The highest BCUT2D eigenvalue weighted by Crippen LogP contribution is 2.29. The average molecular weight is 203 g/mol. The molecule has 78 valence electrons. The topological polar surface area (TPSA) is 42.2 Å². The second-order valence-corrected chi connectivity index (χ2v) is 3.85. The maximum atomic E-state index is 10.9. The van der Waals surface area contributed by atoms with Gasteiger partial charge in [0, 0.05) is 12.4 Å². The van der Waals surface area contributed by atoms with Crippen LogP contribution in [0.5, 0.6) is 5.75 Å². The first-order chi connectivity index (χ1) is 7.06. The summed E-state index contributed by atoms with van der Waals surface area (Å²) in [6.45, 7) is 3.82. The number of benzene rings is 1. The minimum Gasteiger partial charge on any atom is -0.508 e. The highest BCUT2D eigenvalue weighted by Gasteiger charge is 2.13. The second kappa shape index (κ2) is 3.12. The summed E-state index contributed by atoms with van der Waals surface area (Å²) in [7, 11) is 1.86. The van der Waals surface area contributed by atoms with Crippen LogP contribution < -0.4 is 0 Å². The van der Waals surface area contributed by atoms with E-state index in [1.54, 1.807) is 12.1 Å². The molecule has 0 fully saturated rings. The van der Waals surface area contributed by atoms with Crippen molar-refractivity contribution in [1.82, 2.24) is 4.57 Å². The van der Waals surface area contributed by atoms with Gasteiger partial charge in [0.25, 0.3) is 0 Å². The Labute approximate surface area is 87.9 Å². The third-order valence-corrected chi connectivity index (χ3v) is 2.88. The number of phenols is 1. The van der Waals surface area contributed by atoms with E-state index in [1.165, 1.54) is 0 Å². The van der Waals surface area contributed by atoms with E-state index in [-0.39, 0.29) is 5.75 Å². The maximum Gasteiger partial charge on any atom is 0.166 e. The molecule has 15 heavy (non-hydrogen) atoms. The lowest BCUT2D eigenvalue weighted by atomic mass is 10.1. The van der Waals surface area contributed by atoms with Gasteiger partial charge in [0.15, 0.2) is 6.29 Å². The van der Waals surface area contributed by atoms with Crippen molar-refractivity contribution >= 4 is 17.2 Å². The molecule has 1 aromatic carbocycles. The molecule has 3 nitrogen and oxygen atoms in total. The molecule has 0 aliphatic carbocycles. The van der Waals surface area contributed by atoms with E-state index < -0.39 is 0 Å². The summed E-state index contributed by atoms with van der Waals surface area (Å²) in [6, 6.07) is 3.40. The van der Waals surface area contributed by atoms with Crippen LogP contribution in [-0.2, 0) is 7.05 Å². The summed E-state index contributed by atoms with van der Waals surface area (Å²) in [5.41, 5.74) is 3.57. The maximum absolute atomic E-state index is 10.9. The molecule has 0 amide bonds. The molecule has 0 atom stereocenters. The Morgan fingerprint density at radius 2 is 2.00 bits per heavy atom. The van der Waals surface area contributed by atoms with Crippen molar-refractivity contribution in [3.63, 3.8) is 0 Å². The summed E-state index contributed by atoms with van der Waals surface area (Å²) < 4.78 is 1.87. The lowest BCUT2D eigenvalue weighted by molar-refractivity contribution is 0.111. The number of phenolic OH excluding ortho intramolecular Hbond substituents is 1. The normalized spacial score (nSPS) is 10.9. The van der Waals surface area contributed by atoms with E-state index >= 15 is 0 Å². The van der Waals surface area contributed by atoms with Crippen LogP contribution in [0.3, 0.4) is 0 Å². The molecule has 0 aliphatic rings. The van der Waals surface area contributed by atoms with E-state index in [0.717, 1.165) is 28.3 Å². The van der Waals surface area contributed by atoms with Crippen LogP contribution in [0.25, 0.3) is 10.9 Å². The third kappa shape index (κ3) is 1.23. The molecule has 1 aromatic heterocycles. The molecule has 2 rings (SSSR count). The van der Waals surface area contributed by atoms with Gasteiger partial charge in [-0.1, -0.05) is 0 Å². The molecule has 1 N–H and O–H groups in total. The van der Waals surface area contributed by atoms with Gasteiger partial charge >= 0.3 is 0 Å². The largest absolute Gasteiger partial charge is 0.508 e. The number of fused-ring (bicyclic) bond motifs is 1. The highest BCUT2D eigenvalue weighted by molar-refractivity contribution is 5.95. The monoisotopic (exact) mass is 203 g/mol. The first-order valence-corrected chi connectivity index (χ1v) is 4.80. The van der Waals surface area contributed by atoms with Gasteiger partial charge in [-0.15, -0.1) is 0 Å². The van der Waals surface area contributed by atoms with Crippen molar-refractivity contribution in [2.24, 2.45) is 7.05 Å². The smallest absolute Gasteiger partial charge is 0.166 e. The Balaban J connectivity index is 3.01. The zero-order valence-corrected chi connectivity index (χ0v) is 9.03. The quantitative estimate of drug-likeness (QED) is 0.723. The lowest BCUT2D eigenvalue weighted by Gasteiger charge is -2.02. The number of hydrogen-bond donors (Lipinski definition) is 1. The molecule has 0 saturated heterocycles. The van der Waals surface area contributed by atoms with Crippen molar-refractivity contribution in [1.29, 1.82) is 0 Å². The fraction of sp³-hybridized carbons (Fsp3) is 0.250. The fourth-order valence-corrected chi connectivity index (χ4v) is 2.17. The van der Waals surface area contributed by atoms with Gasteiger partial charge in [0.1, 0.15) is 5.75 Å². The summed E-state index contributed by atoms with van der Waals surface area (Å²) in [4.78, 5) is 10.9. The van der Waals surface area contributed by atoms with Gasteiger partial charge in [-0.25, -0.2) is 0 Å². The van der Waals surface area contributed by atoms with E-state index in [2.05, 4.69) is 0 Å². The Morgan fingerprint density at radius 1 is 1.33 bits per heavy atom. The van der Waals surface area contributed by atoms with Gasteiger partial charge in [-0.2, -0.15) is 0 Å². The predicted molar refractivity (Wildman–Crippen MR) is 59.4 cm³/mol. The fourth-order valence-electron chi connectivity index (χ4n) is 2.17. The van der Waals surface area contributed by atoms with Crippen molar-refractivity contribution in [2.45, 2.75) is 13.8 Å². The van der Waals surface area contributed by atoms with Crippen molar-refractivity contribution in [3.05, 3.63) is 29.0 Å².